The highest BCUT2D eigenvalue weighted by molar-refractivity contribution is 7.98. The van der Waals surface area contributed by atoms with Crippen molar-refractivity contribution in [3.63, 3.8) is 0 Å². The van der Waals surface area contributed by atoms with Crippen LogP contribution >= 0.6 is 23.4 Å². The van der Waals surface area contributed by atoms with Gasteiger partial charge in [-0.1, -0.05) is 30.3 Å². The highest BCUT2D eigenvalue weighted by atomic mass is 35.5. The number of hydrogen-bond acceptors (Lipinski definition) is 2. The third kappa shape index (κ3) is 5.45. The van der Waals surface area contributed by atoms with Gasteiger partial charge >= 0.3 is 0 Å². The smallest absolute Gasteiger partial charge is 0.0800 e. The van der Waals surface area contributed by atoms with E-state index >= 15 is 0 Å². The maximum absolute atomic E-state index is 5.79. The Hall–Kier alpha value is -0.180. The van der Waals surface area contributed by atoms with Crippen molar-refractivity contribution in [2.45, 2.75) is 18.8 Å². The van der Waals surface area contributed by atoms with E-state index in [2.05, 4.69) is 24.3 Å². The average molecular weight is 245 g/mol. The molecule has 0 aromatic heterocycles. The van der Waals surface area contributed by atoms with Gasteiger partial charge in [0.15, 0.2) is 0 Å². The molecule has 1 atom stereocenters. The number of hydrogen-bond donors (Lipinski definition) is 0. The van der Waals surface area contributed by atoms with Crippen LogP contribution in [0.25, 0.3) is 0 Å². The van der Waals surface area contributed by atoms with Crippen molar-refractivity contribution in [1.82, 2.24) is 0 Å². The Morgan fingerprint density at radius 3 is 2.67 bits per heavy atom. The Morgan fingerprint density at radius 2 is 2.07 bits per heavy atom. The highest BCUT2D eigenvalue weighted by Crippen LogP contribution is 2.14. The van der Waals surface area contributed by atoms with Crippen molar-refractivity contribution in [3.05, 3.63) is 35.9 Å². The molecule has 1 unspecified atom stereocenters. The molecule has 0 spiro atoms. The van der Waals surface area contributed by atoms with E-state index in [1.807, 2.05) is 24.8 Å². The predicted octanol–water partition coefficient (Wildman–Crippen LogP) is 3.56. The normalized spacial score (nSPS) is 12.7. The van der Waals surface area contributed by atoms with E-state index in [9.17, 15) is 0 Å². The van der Waals surface area contributed by atoms with Crippen LogP contribution in [-0.2, 0) is 10.5 Å². The molecule has 0 amide bonds. The van der Waals surface area contributed by atoms with E-state index in [1.54, 1.807) is 0 Å². The lowest BCUT2D eigenvalue weighted by Gasteiger charge is -2.13. The maximum Gasteiger partial charge on any atom is 0.0800 e. The fraction of sp³-hybridized carbons (Fsp3) is 0.500. The van der Waals surface area contributed by atoms with Crippen molar-refractivity contribution in [2.75, 3.05) is 18.2 Å². The quantitative estimate of drug-likeness (QED) is 0.679. The van der Waals surface area contributed by atoms with Crippen molar-refractivity contribution in [1.29, 1.82) is 0 Å². The molecule has 1 rings (SSSR count). The molecule has 1 nitrogen and oxygen atoms in total. The molecule has 0 fully saturated rings. The lowest BCUT2D eigenvalue weighted by molar-refractivity contribution is 0.0955. The van der Waals surface area contributed by atoms with Crippen LogP contribution in [0, 0.1) is 0 Å². The summed E-state index contributed by atoms with van der Waals surface area (Å²) in [5, 5.41) is 0. The van der Waals surface area contributed by atoms with Gasteiger partial charge in [0, 0.05) is 24.0 Å². The number of rotatable bonds is 7. The summed E-state index contributed by atoms with van der Waals surface area (Å²) in [6, 6.07) is 10.5. The Bertz CT molecular complexity index is 253. The van der Waals surface area contributed by atoms with Crippen LogP contribution in [0.2, 0.25) is 0 Å². The summed E-state index contributed by atoms with van der Waals surface area (Å²) in [5.41, 5.74) is 1.35. The second-order valence-corrected chi connectivity index (χ2v) is 4.57. The molecule has 0 aliphatic carbocycles. The van der Waals surface area contributed by atoms with Gasteiger partial charge in [-0.3, -0.25) is 0 Å². The molecule has 3 heteroatoms. The van der Waals surface area contributed by atoms with E-state index < -0.39 is 0 Å². The number of halogens is 1. The second-order valence-electron chi connectivity index (χ2n) is 3.23. The van der Waals surface area contributed by atoms with Crippen LogP contribution in [0.5, 0.6) is 0 Å². The summed E-state index contributed by atoms with van der Waals surface area (Å²) in [6.07, 6.45) is 0.186. The lowest BCUT2D eigenvalue weighted by atomic mass is 10.2. The molecule has 0 saturated heterocycles. The Kier molecular flexibility index (Phi) is 6.90. The first-order chi connectivity index (χ1) is 7.36. The number of ether oxygens (including phenoxy) is 1. The highest BCUT2D eigenvalue weighted by Gasteiger charge is 2.06. The summed E-state index contributed by atoms with van der Waals surface area (Å²) in [5.74, 6) is 2.57. The summed E-state index contributed by atoms with van der Waals surface area (Å²) in [6.45, 7) is 2.74. The fourth-order valence-corrected chi connectivity index (χ4v) is 2.61. The number of benzene rings is 1. The van der Waals surface area contributed by atoms with E-state index in [1.165, 1.54) is 5.56 Å². The van der Waals surface area contributed by atoms with Gasteiger partial charge in [0.2, 0.25) is 0 Å². The van der Waals surface area contributed by atoms with Crippen molar-refractivity contribution in [3.8, 4) is 0 Å². The SMILES string of the molecule is CCOC(CCl)CSCc1ccccc1. The van der Waals surface area contributed by atoms with E-state index in [0.717, 1.165) is 18.1 Å². The third-order valence-corrected chi connectivity index (χ3v) is 3.48. The summed E-state index contributed by atoms with van der Waals surface area (Å²) in [4.78, 5) is 0. The van der Waals surface area contributed by atoms with Gasteiger partial charge in [-0.2, -0.15) is 11.8 Å². The van der Waals surface area contributed by atoms with Gasteiger partial charge in [0.1, 0.15) is 0 Å². The van der Waals surface area contributed by atoms with Crippen LogP contribution in [-0.4, -0.2) is 24.3 Å². The molecule has 15 heavy (non-hydrogen) atoms. The number of alkyl halides is 1. The van der Waals surface area contributed by atoms with E-state index in [4.69, 9.17) is 16.3 Å². The molecule has 84 valence electrons. The largest absolute Gasteiger partial charge is 0.376 e. The zero-order valence-corrected chi connectivity index (χ0v) is 10.6. The molecule has 0 N–H and O–H groups in total. The molecule has 0 aliphatic rings. The van der Waals surface area contributed by atoms with Crippen LogP contribution in [0.15, 0.2) is 30.3 Å². The molecule has 0 radical (unpaired) electrons. The lowest BCUT2D eigenvalue weighted by Crippen LogP contribution is -2.17. The van der Waals surface area contributed by atoms with E-state index in [0.29, 0.717) is 5.88 Å². The van der Waals surface area contributed by atoms with Crippen LogP contribution in [0.3, 0.4) is 0 Å². The maximum atomic E-state index is 5.79. The first-order valence-corrected chi connectivity index (χ1v) is 6.85. The summed E-state index contributed by atoms with van der Waals surface area (Å²) < 4.78 is 5.48. The molecular formula is C12H17ClOS. The first kappa shape index (κ1) is 12.9. The summed E-state index contributed by atoms with van der Waals surface area (Å²) >= 11 is 7.66. The van der Waals surface area contributed by atoms with Gasteiger partial charge in [0.05, 0.1) is 6.10 Å². The molecule has 0 heterocycles. The van der Waals surface area contributed by atoms with Gasteiger partial charge in [-0.15, -0.1) is 11.6 Å². The van der Waals surface area contributed by atoms with Crippen LogP contribution in [0.1, 0.15) is 12.5 Å². The van der Waals surface area contributed by atoms with Crippen molar-refractivity contribution in [2.24, 2.45) is 0 Å². The van der Waals surface area contributed by atoms with E-state index in [-0.39, 0.29) is 6.10 Å². The third-order valence-electron chi connectivity index (χ3n) is 1.99. The fourth-order valence-electron chi connectivity index (χ4n) is 1.26. The predicted molar refractivity (Wildman–Crippen MR) is 68.7 cm³/mol. The monoisotopic (exact) mass is 244 g/mol. The Balaban J connectivity index is 2.20. The minimum absolute atomic E-state index is 0.186. The second kappa shape index (κ2) is 8.03. The zero-order valence-electron chi connectivity index (χ0n) is 8.99. The Morgan fingerprint density at radius 1 is 1.33 bits per heavy atom. The zero-order chi connectivity index (χ0) is 10.9. The standard InChI is InChI=1S/C12H17ClOS/c1-2-14-12(8-13)10-15-9-11-6-4-3-5-7-11/h3-7,12H,2,8-10H2,1H3. The average Bonchev–Trinajstić information content (AvgIpc) is 2.29. The van der Waals surface area contributed by atoms with Gasteiger partial charge < -0.3 is 4.74 Å². The Labute approximate surface area is 101 Å². The van der Waals surface area contributed by atoms with Gasteiger partial charge in [-0.05, 0) is 12.5 Å². The molecule has 0 aliphatic heterocycles. The van der Waals surface area contributed by atoms with Crippen molar-refractivity contribution >= 4 is 23.4 Å². The van der Waals surface area contributed by atoms with Gasteiger partial charge in [-0.25, -0.2) is 0 Å². The molecule has 0 bridgehead atoms. The first-order valence-electron chi connectivity index (χ1n) is 5.16. The molecule has 1 aromatic rings. The van der Waals surface area contributed by atoms with Crippen molar-refractivity contribution < 1.29 is 4.74 Å². The topological polar surface area (TPSA) is 9.23 Å². The number of thioether (sulfide) groups is 1. The minimum Gasteiger partial charge on any atom is -0.376 e. The molecule has 0 saturated carbocycles. The van der Waals surface area contributed by atoms with Crippen LogP contribution in [0.4, 0.5) is 0 Å². The summed E-state index contributed by atoms with van der Waals surface area (Å²) in [7, 11) is 0. The molecular weight excluding hydrogens is 228 g/mol. The minimum atomic E-state index is 0.186. The van der Waals surface area contributed by atoms with Crippen LogP contribution < -0.4 is 0 Å². The molecule has 1 aromatic carbocycles. The van der Waals surface area contributed by atoms with Gasteiger partial charge in [0.25, 0.3) is 0 Å².